The molecule has 0 saturated heterocycles. The molecule has 1 unspecified atom stereocenters. The molecule has 0 radical (unpaired) electrons. The summed E-state index contributed by atoms with van der Waals surface area (Å²) in [6.45, 7) is 6.57. The molecule has 1 aromatic carbocycles. The van der Waals surface area contributed by atoms with Crippen molar-refractivity contribution in [1.82, 2.24) is 0 Å². The summed E-state index contributed by atoms with van der Waals surface area (Å²) >= 11 is 0. The number of anilines is 1. The lowest BCUT2D eigenvalue weighted by Gasteiger charge is -2.17. The molecule has 0 aliphatic rings. The Morgan fingerprint density at radius 2 is 1.95 bits per heavy atom. The van der Waals surface area contributed by atoms with E-state index >= 15 is 0 Å². The zero-order chi connectivity index (χ0) is 16.0. The number of hydrogen-bond donors (Lipinski definition) is 3. The second-order valence-electron chi connectivity index (χ2n) is 5.88. The SMILES string of the molecule is Cc1cc(C(N)=O)ccc1NC(=O)CC(CN)CC(C)C. The molecule has 0 heterocycles. The third-order valence-electron chi connectivity index (χ3n) is 3.40. The lowest BCUT2D eigenvalue weighted by atomic mass is 9.94. The summed E-state index contributed by atoms with van der Waals surface area (Å²) in [4.78, 5) is 23.2. The zero-order valence-corrected chi connectivity index (χ0v) is 13.0. The molecule has 5 heteroatoms. The van der Waals surface area contributed by atoms with Gasteiger partial charge in [-0.05, 0) is 55.5 Å². The smallest absolute Gasteiger partial charge is 0.248 e. The fraction of sp³-hybridized carbons (Fsp3) is 0.500. The first-order chi connectivity index (χ1) is 9.83. The van der Waals surface area contributed by atoms with E-state index in [0.29, 0.717) is 30.1 Å². The van der Waals surface area contributed by atoms with Crippen LogP contribution in [0.2, 0.25) is 0 Å². The average Bonchev–Trinajstić information content (AvgIpc) is 2.39. The molecule has 0 spiro atoms. The number of carbonyl (C=O) groups is 2. The normalized spacial score (nSPS) is 12.2. The van der Waals surface area contributed by atoms with E-state index in [0.717, 1.165) is 12.0 Å². The largest absolute Gasteiger partial charge is 0.366 e. The first-order valence-electron chi connectivity index (χ1n) is 7.23. The van der Waals surface area contributed by atoms with Crippen LogP contribution in [0, 0.1) is 18.8 Å². The lowest BCUT2D eigenvalue weighted by Crippen LogP contribution is -2.23. The van der Waals surface area contributed by atoms with Crippen molar-refractivity contribution < 1.29 is 9.59 Å². The molecule has 0 saturated carbocycles. The number of benzene rings is 1. The standard InChI is InChI=1S/C16H25N3O2/c1-10(2)6-12(9-17)8-15(20)19-14-5-4-13(16(18)21)7-11(14)3/h4-5,7,10,12H,6,8-9,17H2,1-3H3,(H2,18,21)(H,19,20). The highest BCUT2D eigenvalue weighted by Gasteiger charge is 2.15. The van der Waals surface area contributed by atoms with Crippen LogP contribution in [0.5, 0.6) is 0 Å². The van der Waals surface area contributed by atoms with Gasteiger partial charge >= 0.3 is 0 Å². The van der Waals surface area contributed by atoms with Gasteiger partial charge in [-0.3, -0.25) is 9.59 Å². The van der Waals surface area contributed by atoms with E-state index in [-0.39, 0.29) is 11.8 Å². The Balaban J connectivity index is 2.68. The Hall–Kier alpha value is -1.88. The monoisotopic (exact) mass is 291 g/mol. The van der Waals surface area contributed by atoms with Crippen molar-refractivity contribution in [3.8, 4) is 0 Å². The number of hydrogen-bond acceptors (Lipinski definition) is 3. The molecule has 0 aromatic heterocycles. The molecule has 21 heavy (non-hydrogen) atoms. The topological polar surface area (TPSA) is 98.2 Å². The number of aryl methyl sites for hydroxylation is 1. The highest BCUT2D eigenvalue weighted by molar-refractivity contribution is 5.95. The summed E-state index contributed by atoms with van der Waals surface area (Å²) < 4.78 is 0. The van der Waals surface area contributed by atoms with Crippen molar-refractivity contribution in [3.63, 3.8) is 0 Å². The number of amides is 2. The fourth-order valence-electron chi connectivity index (χ4n) is 2.35. The number of primary amides is 1. The molecule has 5 N–H and O–H groups in total. The fourth-order valence-corrected chi connectivity index (χ4v) is 2.35. The Kier molecular flexibility index (Phi) is 6.37. The predicted octanol–water partition coefficient (Wildman–Crippen LogP) is 2.04. The number of nitrogens with one attached hydrogen (secondary N) is 1. The van der Waals surface area contributed by atoms with Crippen LogP contribution in [0.3, 0.4) is 0 Å². The summed E-state index contributed by atoms with van der Waals surface area (Å²) in [5.41, 5.74) is 12.9. The van der Waals surface area contributed by atoms with Gasteiger partial charge in [-0.15, -0.1) is 0 Å². The summed E-state index contributed by atoms with van der Waals surface area (Å²) in [6, 6.07) is 4.99. The maximum atomic E-state index is 12.1. The van der Waals surface area contributed by atoms with Crippen LogP contribution in [-0.4, -0.2) is 18.4 Å². The molecule has 0 fully saturated rings. The van der Waals surface area contributed by atoms with E-state index in [1.54, 1.807) is 18.2 Å². The minimum Gasteiger partial charge on any atom is -0.366 e. The second kappa shape index (κ2) is 7.78. The summed E-state index contributed by atoms with van der Waals surface area (Å²) in [7, 11) is 0. The first-order valence-corrected chi connectivity index (χ1v) is 7.23. The highest BCUT2D eigenvalue weighted by Crippen LogP contribution is 2.19. The Morgan fingerprint density at radius 3 is 2.43 bits per heavy atom. The summed E-state index contributed by atoms with van der Waals surface area (Å²) in [5.74, 6) is 0.176. The van der Waals surface area contributed by atoms with Crippen LogP contribution in [0.15, 0.2) is 18.2 Å². The first kappa shape index (κ1) is 17.2. The molecule has 1 atom stereocenters. The molecular formula is C16H25N3O2. The highest BCUT2D eigenvalue weighted by atomic mass is 16.2. The van der Waals surface area contributed by atoms with E-state index in [9.17, 15) is 9.59 Å². The van der Waals surface area contributed by atoms with Crippen molar-refractivity contribution in [3.05, 3.63) is 29.3 Å². The van der Waals surface area contributed by atoms with Gasteiger partial charge in [0.2, 0.25) is 11.8 Å². The molecular weight excluding hydrogens is 266 g/mol. The number of nitrogens with two attached hydrogens (primary N) is 2. The van der Waals surface area contributed by atoms with Crippen molar-refractivity contribution in [2.24, 2.45) is 23.3 Å². The van der Waals surface area contributed by atoms with E-state index in [1.165, 1.54) is 0 Å². The third-order valence-corrected chi connectivity index (χ3v) is 3.40. The summed E-state index contributed by atoms with van der Waals surface area (Å²) in [5, 5.41) is 2.87. The molecule has 0 aliphatic carbocycles. The van der Waals surface area contributed by atoms with Gasteiger partial charge < -0.3 is 16.8 Å². The van der Waals surface area contributed by atoms with Crippen LogP contribution >= 0.6 is 0 Å². The van der Waals surface area contributed by atoms with Crippen molar-refractivity contribution in [2.45, 2.75) is 33.6 Å². The van der Waals surface area contributed by atoms with Crippen molar-refractivity contribution >= 4 is 17.5 Å². The third kappa shape index (κ3) is 5.55. The Bertz CT molecular complexity index is 512. The van der Waals surface area contributed by atoms with E-state index in [2.05, 4.69) is 19.2 Å². The van der Waals surface area contributed by atoms with Gasteiger partial charge in [0.1, 0.15) is 0 Å². The van der Waals surface area contributed by atoms with Crippen molar-refractivity contribution in [2.75, 3.05) is 11.9 Å². The minimum atomic E-state index is -0.476. The van der Waals surface area contributed by atoms with Gasteiger partial charge in [-0.25, -0.2) is 0 Å². The van der Waals surface area contributed by atoms with Gasteiger partial charge in [-0.2, -0.15) is 0 Å². The molecule has 0 aliphatic heterocycles. The van der Waals surface area contributed by atoms with Crippen LogP contribution in [-0.2, 0) is 4.79 Å². The average molecular weight is 291 g/mol. The number of carbonyl (C=O) groups excluding carboxylic acids is 2. The van der Waals surface area contributed by atoms with Crippen molar-refractivity contribution in [1.29, 1.82) is 0 Å². The molecule has 0 bridgehead atoms. The molecule has 1 rings (SSSR count). The predicted molar refractivity (Wildman–Crippen MR) is 84.9 cm³/mol. The lowest BCUT2D eigenvalue weighted by molar-refractivity contribution is -0.117. The minimum absolute atomic E-state index is 0.0546. The quantitative estimate of drug-likeness (QED) is 0.717. The Labute approximate surface area is 126 Å². The van der Waals surface area contributed by atoms with Crippen LogP contribution in [0.1, 0.15) is 42.6 Å². The van der Waals surface area contributed by atoms with Gasteiger partial charge in [-0.1, -0.05) is 13.8 Å². The zero-order valence-electron chi connectivity index (χ0n) is 13.0. The maximum absolute atomic E-state index is 12.1. The molecule has 2 amide bonds. The maximum Gasteiger partial charge on any atom is 0.248 e. The van der Waals surface area contributed by atoms with Gasteiger partial charge in [0.05, 0.1) is 0 Å². The van der Waals surface area contributed by atoms with E-state index in [4.69, 9.17) is 11.5 Å². The second-order valence-corrected chi connectivity index (χ2v) is 5.88. The summed E-state index contributed by atoms with van der Waals surface area (Å²) in [6.07, 6.45) is 1.34. The van der Waals surface area contributed by atoms with Gasteiger partial charge in [0, 0.05) is 17.7 Å². The van der Waals surface area contributed by atoms with Gasteiger partial charge in [0.25, 0.3) is 0 Å². The van der Waals surface area contributed by atoms with Gasteiger partial charge in [0.15, 0.2) is 0 Å². The van der Waals surface area contributed by atoms with E-state index < -0.39 is 5.91 Å². The van der Waals surface area contributed by atoms with E-state index in [1.807, 2.05) is 6.92 Å². The molecule has 116 valence electrons. The Morgan fingerprint density at radius 1 is 1.29 bits per heavy atom. The van der Waals surface area contributed by atoms with Crippen LogP contribution < -0.4 is 16.8 Å². The molecule has 1 aromatic rings. The number of rotatable bonds is 7. The van der Waals surface area contributed by atoms with Crippen LogP contribution in [0.4, 0.5) is 5.69 Å². The molecule has 5 nitrogen and oxygen atoms in total. The van der Waals surface area contributed by atoms with Crippen LogP contribution in [0.25, 0.3) is 0 Å².